The van der Waals surface area contributed by atoms with Gasteiger partial charge in [0.25, 0.3) is 0 Å². The minimum atomic E-state index is -3.46. The van der Waals surface area contributed by atoms with Gasteiger partial charge >= 0.3 is 0 Å². The summed E-state index contributed by atoms with van der Waals surface area (Å²) in [6.45, 7) is 1.23. The van der Waals surface area contributed by atoms with E-state index in [0.717, 1.165) is 22.6 Å². The van der Waals surface area contributed by atoms with Gasteiger partial charge in [0.1, 0.15) is 0 Å². The summed E-state index contributed by atoms with van der Waals surface area (Å²) in [5.41, 5.74) is 1.72. The molecule has 0 aliphatic carbocycles. The number of nitrogens with one attached hydrogen (secondary N) is 1. The number of sulfonamides is 1. The van der Waals surface area contributed by atoms with Gasteiger partial charge in [-0.25, -0.2) is 12.7 Å². The number of hydrogen-bond acceptors (Lipinski definition) is 5. The molecule has 1 N–H and O–H groups in total. The topological polar surface area (TPSA) is 67.9 Å². The van der Waals surface area contributed by atoms with Crippen molar-refractivity contribution in [3.05, 3.63) is 53.6 Å². The van der Waals surface area contributed by atoms with E-state index < -0.39 is 10.0 Å². The second-order valence-corrected chi connectivity index (χ2v) is 7.77. The van der Waals surface area contributed by atoms with Gasteiger partial charge in [-0.2, -0.15) is 0 Å². The smallest absolute Gasteiger partial charge is 0.242 e. The molecule has 3 rings (SSSR count). The Bertz CT molecular complexity index is 840. The quantitative estimate of drug-likeness (QED) is 0.828. The van der Waals surface area contributed by atoms with Crippen LogP contribution in [0.2, 0.25) is 0 Å². The van der Waals surface area contributed by atoms with Crippen molar-refractivity contribution in [3.63, 3.8) is 0 Å². The summed E-state index contributed by atoms with van der Waals surface area (Å²) in [5, 5.41) is 3.28. The number of ether oxygens (including phenoxy) is 2. The van der Waals surface area contributed by atoms with Crippen LogP contribution in [0.15, 0.2) is 47.4 Å². The van der Waals surface area contributed by atoms with Crippen LogP contribution in [0.3, 0.4) is 0 Å². The molecule has 136 valence electrons. The first-order valence-corrected chi connectivity index (χ1v) is 9.03. The SMILES string of the molecule is CN(C)S(=O)(=O)c1ccccc1CNCc1cccc2c1OCO2.Cl. The third kappa shape index (κ3) is 4.07. The fraction of sp³-hybridized carbons (Fsp3) is 0.294. The average molecular weight is 385 g/mol. The van der Waals surface area contributed by atoms with Crippen molar-refractivity contribution in [2.24, 2.45) is 0 Å². The van der Waals surface area contributed by atoms with Gasteiger partial charge < -0.3 is 14.8 Å². The van der Waals surface area contributed by atoms with E-state index in [1.165, 1.54) is 18.4 Å². The maximum Gasteiger partial charge on any atom is 0.242 e. The van der Waals surface area contributed by atoms with Crippen molar-refractivity contribution in [1.29, 1.82) is 0 Å². The Labute approximate surface area is 154 Å². The summed E-state index contributed by atoms with van der Waals surface area (Å²) in [6, 6.07) is 12.8. The van der Waals surface area contributed by atoms with Gasteiger partial charge in [0.2, 0.25) is 16.8 Å². The molecule has 0 fully saturated rings. The molecule has 8 heteroatoms. The van der Waals surface area contributed by atoms with Gasteiger partial charge in [0.15, 0.2) is 11.5 Å². The molecule has 1 heterocycles. The van der Waals surface area contributed by atoms with E-state index in [1.54, 1.807) is 12.1 Å². The molecule has 1 aliphatic heterocycles. The van der Waals surface area contributed by atoms with Crippen molar-refractivity contribution in [3.8, 4) is 11.5 Å². The van der Waals surface area contributed by atoms with Gasteiger partial charge in [-0.05, 0) is 17.7 Å². The summed E-state index contributed by atoms with van der Waals surface area (Å²) in [7, 11) is -0.400. The van der Waals surface area contributed by atoms with Crippen LogP contribution in [0.4, 0.5) is 0 Å². The third-order valence-electron chi connectivity index (χ3n) is 3.84. The number of halogens is 1. The summed E-state index contributed by atoms with van der Waals surface area (Å²) in [4.78, 5) is 0.320. The molecule has 0 unspecified atom stereocenters. The van der Waals surface area contributed by atoms with Crippen molar-refractivity contribution in [2.45, 2.75) is 18.0 Å². The molecule has 0 spiro atoms. The van der Waals surface area contributed by atoms with E-state index in [4.69, 9.17) is 9.47 Å². The lowest BCUT2D eigenvalue weighted by Gasteiger charge is -2.15. The largest absolute Gasteiger partial charge is 0.454 e. The first-order valence-electron chi connectivity index (χ1n) is 7.59. The molecule has 0 bridgehead atoms. The lowest BCUT2D eigenvalue weighted by atomic mass is 10.1. The molecule has 0 saturated heterocycles. The molecular weight excluding hydrogens is 364 g/mol. The second kappa shape index (κ2) is 8.05. The summed E-state index contributed by atoms with van der Waals surface area (Å²) >= 11 is 0. The van der Waals surface area contributed by atoms with Gasteiger partial charge in [-0.3, -0.25) is 0 Å². The van der Waals surface area contributed by atoms with Crippen molar-refractivity contribution in [2.75, 3.05) is 20.9 Å². The number of nitrogens with zero attached hydrogens (tertiary/aromatic N) is 1. The lowest BCUT2D eigenvalue weighted by Crippen LogP contribution is -2.24. The van der Waals surface area contributed by atoms with Gasteiger partial charge in [0.05, 0.1) is 4.90 Å². The van der Waals surface area contributed by atoms with E-state index >= 15 is 0 Å². The fourth-order valence-corrected chi connectivity index (χ4v) is 3.68. The van der Waals surface area contributed by atoms with E-state index in [-0.39, 0.29) is 19.2 Å². The van der Waals surface area contributed by atoms with Crippen LogP contribution in [-0.2, 0) is 23.1 Å². The normalized spacial score (nSPS) is 12.9. The van der Waals surface area contributed by atoms with E-state index in [2.05, 4.69) is 5.32 Å². The van der Waals surface area contributed by atoms with Crippen molar-refractivity contribution < 1.29 is 17.9 Å². The Balaban J connectivity index is 0.00000225. The van der Waals surface area contributed by atoms with E-state index in [1.807, 2.05) is 30.3 Å². The zero-order valence-electron chi connectivity index (χ0n) is 14.1. The minimum absolute atomic E-state index is 0. The lowest BCUT2D eigenvalue weighted by molar-refractivity contribution is 0.173. The van der Waals surface area contributed by atoms with E-state index in [9.17, 15) is 8.42 Å². The average Bonchev–Trinajstić information content (AvgIpc) is 3.04. The van der Waals surface area contributed by atoms with Gasteiger partial charge in [-0.1, -0.05) is 30.3 Å². The van der Waals surface area contributed by atoms with Crippen LogP contribution in [0.25, 0.3) is 0 Å². The zero-order valence-corrected chi connectivity index (χ0v) is 15.7. The fourth-order valence-electron chi connectivity index (χ4n) is 2.56. The standard InChI is InChI=1S/C17H20N2O4S.ClH/c1-19(2)24(20,21)16-9-4-3-6-13(16)10-18-11-14-7-5-8-15-17(14)23-12-22-15;/h3-9,18H,10-12H2,1-2H3;1H. The molecule has 0 saturated carbocycles. The third-order valence-corrected chi connectivity index (χ3v) is 5.76. The van der Waals surface area contributed by atoms with Crippen LogP contribution in [-0.4, -0.2) is 33.6 Å². The molecule has 0 aromatic heterocycles. The maximum atomic E-state index is 12.4. The van der Waals surface area contributed by atoms with Crippen LogP contribution in [0, 0.1) is 0 Å². The summed E-state index contributed by atoms with van der Waals surface area (Å²) in [5.74, 6) is 1.49. The van der Waals surface area contributed by atoms with E-state index in [0.29, 0.717) is 18.0 Å². The Morgan fingerprint density at radius 2 is 1.68 bits per heavy atom. The predicted octanol–water partition coefficient (Wildman–Crippen LogP) is 2.38. The number of hydrogen-bond donors (Lipinski definition) is 1. The Morgan fingerprint density at radius 1 is 1.00 bits per heavy atom. The van der Waals surface area contributed by atoms with Crippen molar-refractivity contribution in [1.82, 2.24) is 9.62 Å². The number of fused-ring (bicyclic) bond motifs is 1. The Kier molecular flexibility index (Phi) is 6.29. The second-order valence-electron chi connectivity index (χ2n) is 5.65. The number of para-hydroxylation sites is 1. The molecule has 0 radical (unpaired) electrons. The highest BCUT2D eigenvalue weighted by Crippen LogP contribution is 2.35. The van der Waals surface area contributed by atoms with Crippen LogP contribution < -0.4 is 14.8 Å². The molecular formula is C17H21ClN2O4S. The summed E-state index contributed by atoms with van der Waals surface area (Å²) < 4.78 is 36.9. The molecule has 2 aromatic carbocycles. The van der Waals surface area contributed by atoms with Crippen LogP contribution in [0.1, 0.15) is 11.1 Å². The monoisotopic (exact) mass is 384 g/mol. The predicted molar refractivity (Wildman–Crippen MR) is 97.7 cm³/mol. The highest BCUT2D eigenvalue weighted by molar-refractivity contribution is 7.89. The van der Waals surface area contributed by atoms with Crippen LogP contribution in [0.5, 0.6) is 11.5 Å². The van der Waals surface area contributed by atoms with Gasteiger partial charge in [-0.15, -0.1) is 12.4 Å². The molecule has 25 heavy (non-hydrogen) atoms. The summed E-state index contributed by atoms with van der Waals surface area (Å²) in [6.07, 6.45) is 0. The molecule has 0 atom stereocenters. The number of benzene rings is 2. The Hall–Kier alpha value is -1.80. The maximum absolute atomic E-state index is 12.4. The highest BCUT2D eigenvalue weighted by Gasteiger charge is 2.21. The highest BCUT2D eigenvalue weighted by atomic mass is 35.5. The first-order chi connectivity index (χ1) is 11.5. The number of rotatable bonds is 6. The molecule has 6 nitrogen and oxygen atoms in total. The molecule has 1 aliphatic rings. The van der Waals surface area contributed by atoms with Crippen LogP contribution >= 0.6 is 12.4 Å². The van der Waals surface area contributed by atoms with Gasteiger partial charge in [0, 0.05) is 32.7 Å². The Morgan fingerprint density at radius 3 is 2.44 bits per heavy atom. The minimum Gasteiger partial charge on any atom is -0.454 e. The first kappa shape index (κ1) is 19.5. The zero-order chi connectivity index (χ0) is 17.2. The molecule has 2 aromatic rings. The van der Waals surface area contributed by atoms with Crippen molar-refractivity contribution >= 4 is 22.4 Å². The molecule has 0 amide bonds.